The van der Waals surface area contributed by atoms with Gasteiger partial charge in [0.05, 0.1) is 5.75 Å². The molecule has 4 nitrogen and oxygen atoms in total. The molecule has 0 unspecified atom stereocenters. The molecule has 2 aliphatic rings. The molecule has 1 saturated carbocycles. The van der Waals surface area contributed by atoms with Gasteiger partial charge in [-0.25, -0.2) is 8.42 Å². The van der Waals surface area contributed by atoms with Crippen LogP contribution >= 0.6 is 0 Å². The second-order valence-electron chi connectivity index (χ2n) is 6.06. The molecule has 2 rings (SSSR count). The van der Waals surface area contributed by atoms with Crippen molar-refractivity contribution in [3.05, 3.63) is 0 Å². The summed E-state index contributed by atoms with van der Waals surface area (Å²) in [7, 11) is -2.78. The minimum atomic E-state index is -2.78. The largest absolute Gasteiger partial charge is 0.314 e. The van der Waals surface area contributed by atoms with E-state index in [0.717, 1.165) is 32.0 Å². The summed E-state index contributed by atoms with van der Waals surface area (Å²) in [5, 5.41) is 3.67. The summed E-state index contributed by atoms with van der Waals surface area (Å²) < 4.78 is 22.8. The Kier molecular flexibility index (Phi) is 5.66. The quantitative estimate of drug-likeness (QED) is 0.731. The summed E-state index contributed by atoms with van der Waals surface area (Å²) in [6, 6.07) is 0.691. The summed E-state index contributed by atoms with van der Waals surface area (Å²) in [5.41, 5.74) is 0. The maximum atomic E-state index is 11.4. The SMILES string of the molecule is CCS(=O)(=O)CCCN1CCC(NCC2CC2)CC1. The molecule has 0 aromatic carbocycles. The van der Waals surface area contributed by atoms with Gasteiger partial charge in [0.25, 0.3) is 0 Å². The molecule has 5 heteroatoms. The molecular formula is C14H28N2O2S. The highest BCUT2D eigenvalue weighted by molar-refractivity contribution is 7.91. The molecule has 2 fully saturated rings. The lowest BCUT2D eigenvalue weighted by atomic mass is 10.0. The van der Waals surface area contributed by atoms with E-state index in [-0.39, 0.29) is 5.75 Å². The Morgan fingerprint density at radius 2 is 1.84 bits per heavy atom. The van der Waals surface area contributed by atoms with Crippen LogP contribution in [0.4, 0.5) is 0 Å². The van der Waals surface area contributed by atoms with Crippen molar-refractivity contribution in [1.82, 2.24) is 10.2 Å². The van der Waals surface area contributed by atoms with Crippen LogP contribution in [0.5, 0.6) is 0 Å². The first-order valence-electron chi connectivity index (χ1n) is 7.75. The minimum absolute atomic E-state index is 0.278. The Morgan fingerprint density at radius 3 is 2.42 bits per heavy atom. The first-order valence-corrected chi connectivity index (χ1v) is 9.57. The number of likely N-dealkylation sites (tertiary alicyclic amines) is 1. The molecule has 1 aliphatic carbocycles. The molecule has 0 radical (unpaired) electrons. The van der Waals surface area contributed by atoms with Crippen molar-refractivity contribution in [1.29, 1.82) is 0 Å². The van der Waals surface area contributed by atoms with Gasteiger partial charge >= 0.3 is 0 Å². The second-order valence-corrected chi connectivity index (χ2v) is 8.53. The molecule has 112 valence electrons. The average Bonchev–Trinajstić information content (AvgIpc) is 3.22. The van der Waals surface area contributed by atoms with Crippen LogP contribution < -0.4 is 5.32 Å². The van der Waals surface area contributed by atoms with Gasteiger partial charge in [-0.1, -0.05) is 6.92 Å². The van der Waals surface area contributed by atoms with E-state index >= 15 is 0 Å². The summed E-state index contributed by atoms with van der Waals surface area (Å²) >= 11 is 0. The molecule has 1 N–H and O–H groups in total. The predicted octanol–water partition coefficient (Wildman–Crippen LogP) is 1.28. The van der Waals surface area contributed by atoms with Crippen molar-refractivity contribution in [2.24, 2.45) is 5.92 Å². The fraction of sp³-hybridized carbons (Fsp3) is 1.00. The van der Waals surface area contributed by atoms with Crippen LogP contribution in [0, 0.1) is 5.92 Å². The Morgan fingerprint density at radius 1 is 1.16 bits per heavy atom. The summed E-state index contributed by atoms with van der Waals surface area (Å²) in [4.78, 5) is 2.42. The van der Waals surface area contributed by atoms with E-state index in [1.165, 1.54) is 32.2 Å². The highest BCUT2D eigenvalue weighted by atomic mass is 32.2. The lowest BCUT2D eigenvalue weighted by Crippen LogP contribution is -2.43. The molecule has 0 bridgehead atoms. The van der Waals surface area contributed by atoms with E-state index in [1.807, 2.05) is 0 Å². The van der Waals surface area contributed by atoms with Crippen LogP contribution in [0.25, 0.3) is 0 Å². The molecule has 1 heterocycles. The standard InChI is InChI=1S/C14H28N2O2S/c1-2-19(17,18)11-3-8-16-9-6-14(7-10-16)15-12-13-4-5-13/h13-15H,2-12H2,1H3. The van der Waals surface area contributed by atoms with Gasteiger partial charge in [-0.2, -0.15) is 0 Å². The Balaban J connectivity index is 1.55. The number of nitrogens with one attached hydrogen (secondary N) is 1. The number of rotatable bonds is 8. The Bertz CT molecular complexity index is 358. The molecular weight excluding hydrogens is 260 g/mol. The van der Waals surface area contributed by atoms with Gasteiger partial charge in [0.1, 0.15) is 9.84 Å². The lowest BCUT2D eigenvalue weighted by Gasteiger charge is -2.32. The number of sulfone groups is 1. The molecule has 19 heavy (non-hydrogen) atoms. The number of piperidine rings is 1. The fourth-order valence-corrected chi connectivity index (χ4v) is 3.53. The Hall–Kier alpha value is -0.130. The molecule has 0 aromatic rings. The van der Waals surface area contributed by atoms with E-state index in [9.17, 15) is 8.42 Å². The van der Waals surface area contributed by atoms with Gasteiger partial charge < -0.3 is 10.2 Å². The zero-order chi connectivity index (χ0) is 13.7. The van der Waals surface area contributed by atoms with Crippen molar-refractivity contribution in [3.8, 4) is 0 Å². The van der Waals surface area contributed by atoms with Crippen LogP contribution in [-0.2, 0) is 9.84 Å². The van der Waals surface area contributed by atoms with Crippen molar-refractivity contribution < 1.29 is 8.42 Å². The molecule has 0 amide bonds. The van der Waals surface area contributed by atoms with Crippen LogP contribution in [-0.4, -0.2) is 57.0 Å². The zero-order valence-electron chi connectivity index (χ0n) is 12.1. The van der Waals surface area contributed by atoms with Crippen molar-refractivity contribution in [2.75, 3.05) is 37.7 Å². The molecule has 1 aliphatic heterocycles. The van der Waals surface area contributed by atoms with Gasteiger partial charge in [-0.15, -0.1) is 0 Å². The van der Waals surface area contributed by atoms with Gasteiger partial charge in [-0.3, -0.25) is 0 Å². The summed E-state index contributed by atoms with van der Waals surface area (Å²) in [6.45, 7) is 6.11. The monoisotopic (exact) mass is 288 g/mol. The topological polar surface area (TPSA) is 49.4 Å². The van der Waals surface area contributed by atoms with Crippen LogP contribution in [0.15, 0.2) is 0 Å². The summed E-state index contributed by atoms with van der Waals surface area (Å²) in [6.07, 6.45) is 6.05. The highest BCUT2D eigenvalue weighted by Gasteiger charge is 2.24. The Labute approximate surface area is 117 Å². The molecule has 1 saturated heterocycles. The van der Waals surface area contributed by atoms with Crippen LogP contribution in [0.3, 0.4) is 0 Å². The molecule has 0 spiro atoms. The van der Waals surface area contributed by atoms with Gasteiger partial charge in [0, 0.05) is 11.8 Å². The zero-order valence-corrected chi connectivity index (χ0v) is 12.9. The fourth-order valence-electron chi connectivity index (χ4n) is 2.67. The molecule has 0 aromatic heterocycles. The number of nitrogens with zero attached hydrogens (tertiary/aromatic N) is 1. The lowest BCUT2D eigenvalue weighted by molar-refractivity contribution is 0.198. The maximum Gasteiger partial charge on any atom is 0.150 e. The predicted molar refractivity (Wildman–Crippen MR) is 79.1 cm³/mol. The maximum absolute atomic E-state index is 11.4. The first-order chi connectivity index (χ1) is 9.09. The van der Waals surface area contributed by atoms with E-state index < -0.39 is 9.84 Å². The van der Waals surface area contributed by atoms with E-state index in [0.29, 0.717) is 11.8 Å². The molecule has 0 atom stereocenters. The van der Waals surface area contributed by atoms with E-state index in [1.54, 1.807) is 6.92 Å². The van der Waals surface area contributed by atoms with Gasteiger partial charge in [0.15, 0.2) is 0 Å². The van der Waals surface area contributed by atoms with Crippen LogP contribution in [0.2, 0.25) is 0 Å². The van der Waals surface area contributed by atoms with Crippen LogP contribution in [0.1, 0.15) is 39.0 Å². The highest BCUT2D eigenvalue weighted by Crippen LogP contribution is 2.28. The first kappa shape index (κ1) is 15.3. The second kappa shape index (κ2) is 7.04. The van der Waals surface area contributed by atoms with E-state index in [2.05, 4.69) is 10.2 Å². The van der Waals surface area contributed by atoms with Gasteiger partial charge in [-0.05, 0) is 64.2 Å². The van der Waals surface area contributed by atoms with Crippen molar-refractivity contribution >= 4 is 9.84 Å². The third kappa shape index (κ3) is 5.79. The third-order valence-corrected chi connectivity index (χ3v) is 6.14. The smallest absolute Gasteiger partial charge is 0.150 e. The van der Waals surface area contributed by atoms with Crippen molar-refractivity contribution in [3.63, 3.8) is 0 Å². The summed E-state index contributed by atoms with van der Waals surface area (Å²) in [5.74, 6) is 1.58. The minimum Gasteiger partial charge on any atom is -0.314 e. The van der Waals surface area contributed by atoms with E-state index in [4.69, 9.17) is 0 Å². The normalized spacial score (nSPS) is 22.8. The third-order valence-electron chi connectivity index (χ3n) is 4.35. The van der Waals surface area contributed by atoms with Gasteiger partial charge in [0.2, 0.25) is 0 Å². The number of hydrogen-bond acceptors (Lipinski definition) is 4. The average molecular weight is 288 g/mol. The number of hydrogen-bond donors (Lipinski definition) is 1. The van der Waals surface area contributed by atoms with Crippen molar-refractivity contribution in [2.45, 2.75) is 45.1 Å².